The minimum Gasteiger partial charge on any atom is -0.490 e. The molecule has 1 fully saturated rings. The lowest BCUT2D eigenvalue weighted by atomic mass is 10.1. The number of ether oxygens (including phenoxy) is 2. The van der Waals surface area contributed by atoms with Gasteiger partial charge in [0.25, 0.3) is 0 Å². The van der Waals surface area contributed by atoms with Crippen molar-refractivity contribution in [2.24, 2.45) is 0 Å². The van der Waals surface area contributed by atoms with Gasteiger partial charge in [-0.25, -0.2) is 0 Å². The van der Waals surface area contributed by atoms with Gasteiger partial charge in [0, 0.05) is 6.07 Å². The third kappa shape index (κ3) is 2.48. The maximum atomic E-state index is 5.63. The minimum absolute atomic E-state index is 0.318. The molecule has 0 amide bonds. The minimum atomic E-state index is 0.318. The van der Waals surface area contributed by atoms with Crippen molar-refractivity contribution in [2.75, 3.05) is 13.2 Å². The van der Waals surface area contributed by atoms with E-state index in [0.717, 1.165) is 25.2 Å². The Hall–Kier alpha value is -1.02. The third-order valence-electron chi connectivity index (χ3n) is 2.23. The largest absolute Gasteiger partial charge is 0.490 e. The van der Waals surface area contributed by atoms with E-state index in [1.54, 1.807) is 0 Å². The number of hydrogen-bond acceptors (Lipinski definition) is 2. The predicted molar refractivity (Wildman–Crippen MR) is 54.5 cm³/mol. The van der Waals surface area contributed by atoms with Crippen molar-refractivity contribution in [3.8, 4) is 5.75 Å². The molecular formula is C12H15O2. The van der Waals surface area contributed by atoms with Crippen LogP contribution in [-0.2, 0) is 11.2 Å². The summed E-state index contributed by atoms with van der Waals surface area (Å²) in [7, 11) is 0. The Kier molecular flexibility index (Phi) is 3.04. The Labute approximate surface area is 84.8 Å². The fourth-order valence-electron chi connectivity index (χ4n) is 1.40. The van der Waals surface area contributed by atoms with Crippen LogP contribution in [0.4, 0.5) is 0 Å². The standard InChI is InChI=1S/C12H15O2/c1-2-5-10-6-3-4-7-12(10)14-9-11-8-13-11/h3-4,6,11H,2,5,8-9H2,1H3. The molecule has 1 aromatic rings. The van der Waals surface area contributed by atoms with E-state index in [1.165, 1.54) is 5.56 Å². The van der Waals surface area contributed by atoms with Gasteiger partial charge in [-0.2, -0.15) is 0 Å². The van der Waals surface area contributed by atoms with Crippen LogP contribution in [0, 0.1) is 6.07 Å². The number of para-hydroxylation sites is 1. The molecule has 0 saturated carbocycles. The number of hydrogen-bond donors (Lipinski definition) is 0. The molecular weight excluding hydrogens is 176 g/mol. The van der Waals surface area contributed by atoms with Crippen molar-refractivity contribution in [3.63, 3.8) is 0 Å². The monoisotopic (exact) mass is 191 g/mol. The Morgan fingerprint density at radius 3 is 3.21 bits per heavy atom. The smallest absolute Gasteiger partial charge is 0.130 e. The van der Waals surface area contributed by atoms with E-state index in [0.29, 0.717) is 12.7 Å². The summed E-state index contributed by atoms with van der Waals surface area (Å²) in [5.41, 5.74) is 1.25. The molecule has 1 aliphatic rings. The number of epoxide rings is 1. The molecule has 1 radical (unpaired) electrons. The summed E-state index contributed by atoms with van der Waals surface area (Å²) in [5, 5.41) is 0. The fraction of sp³-hybridized carbons (Fsp3) is 0.500. The molecule has 0 spiro atoms. The molecule has 14 heavy (non-hydrogen) atoms. The Balaban J connectivity index is 1.97. The topological polar surface area (TPSA) is 21.8 Å². The highest BCUT2D eigenvalue weighted by atomic mass is 16.6. The first-order chi connectivity index (χ1) is 6.90. The van der Waals surface area contributed by atoms with E-state index in [4.69, 9.17) is 9.47 Å². The second-order valence-electron chi connectivity index (χ2n) is 3.54. The second-order valence-corrected chi connectivity index (χ2v) is 3.54. The first-order valence-electron chi connectivity index (χ1n) is 5.14. The zero-order valence-electron chi connectivity index (χ0n) is 8.45. The first kappa shape index (κ1) is 9.53. The van der Waals surface area contributed by atoms with Crippen LogP contribution in [-0.4, -0.2) is 19.3 Å². The fourth-order valence-corrected chi connectivity index (χ4v) is 1.40. The second kappa shape index (κ2) is 4.47. The van der Waals surface area contributed by atoms with Crippen LogP contribution >= 0.6 is 0 Å². The molecule has 2 rings (SSSR count). The molecule has 1 heterocycles. The van der Waals surface area contributed by atoms with Crippen molar-refractivity contribution >= 4 is 0 Å². The Bertz CT molecular complexity index is 292. The van der Waals surface area contributed by atoms with Crippen LogP contribution in [0.2, 0.25) is 0 Å². The lowest BCUT2D eigenvalue weighted by Crippen LogP contribution is -2.05. The highest BCUT2D eigenvalue weighted by molar-refractivity contribution is 5.32. The molecule has 2 nitrogen and oxygen atoms in total. The van der Waals surface area contributed by atoms with Gasteiger partial charge in [-0.05, 0) is 12.0 Å². The summed E-state index contributed by atoms with van der Waals surface area (Å²) in [5.74, 6) is 0.893. The van der Waals surface area contributed by atoms with Gasteiger partial charge in [-0.15, -0.1) is 0 Å². The highest BCUT2D eigenvalue weighted by Gasteiger charge is 2.23. The molecule has 1 unspecified atom stereocenters. The van der Waals surface area contributed by atoms with E-state index < -0.39 is 0 Å². The molecule has 2 heteroatoms. The predicted octanol–water partition coefficient (Wildman–Crippen LogP) is 2.22. The Morgan fingerprint density at radius 1 is 1.64 bits per heavy atom. The molecule has 0 aromatic heterocycles. The summed E-state index contributed by atoms with van der Waals surface area (Å²) < 4.78 is 10.7. The van der Waals surface area contributed by atoms with Gasteiger partial charge >= 0.3 is 0 Å². The average Bonchev–Trinajstić information content (AvgIpc) is 3.01. The summed E-state index contributed by atoms with van der Waals surface area (Å²) in [6, 6.07) is 9.12. The van der Waals surface area contributed by atoms with E-state index in [1.807, 2.05) is 12.1 Å². The van der Waals surface area contributed by atoms with Crippen molar-refractivity contribution in [3.05, 3.63) is 29.8 Å². The van der Waals surface area contributed by atoms with Crippen LogP contribution in [0.3, 0.4) is 0 Å². The maximum Gasteiger partial charge on any atom is 0.130 e. The zero-order chi connectivity index (χ0) is 9.80. The van der Waals surface area contributed by atoms with Gasteiger partial charge in [0.15, 0.2) is 0 Å². The number of aryl methyl sites for hydroxylation is 1. The van der Waals surface area contributed by atoms with Crippen LogP contribution in [0.25, 0.3) is 0 Å². The molecule has 0 bridgehead atoms. The molecule has 75 valence electrons. The lowest BCUT2D eigenvalue weighted by molar-refractivity contribution is 0.260. The van der Waals surface area contributed by atoms with Crippen molar-refractivity contribution in [1.29, 1.82) is 0 Å². The van der Waals surface area contributed by atoms with Gasteiger partial charge in [-0.1, -0.05) is 31.5 Å². The lowest BCUT2D eigenvalue weighted by Gasteiger charge is -2.08. The van der Waals surface area contributed by atoms with Gasteiger partial charge in [0.2, 0.25) is 0 Å². The highest BCUT2D eigenvalue weighted by Crippen LogP contribution is 2.20. The molecule has 1 aromatic carbocycles. The van der Waals surface area contributed by atoms with Crippen LogP contribution in [0.5, 0.6) is 5.75 Å². The maximum absolute atomic E-state index is 5.63. The zero-order valence-corrected chi connectivity index (χ0v) is 8.45. The average molecular weight is 191 g/mol. The molecule has 1 aliphatic heterocycles. The van der Waals surface area contributed by atoms with Gasteiger partial charge in [-0.3, -0.25) is 0 Å². The molecule has 1 saturated heterocycles. The summed E-state index contributed by atoms with van der Waals surface area (Å²) >= 11 is 0. The van der Waals surface area contributed by atoms with Gasteiger partial charge in [0.1, 0.15) is 18.5 Å². The van der Waals surface area contributed by atoms with Crippen molar-refractivity contribution in [1.82, 2.24) is 0 Å². The molecule has 0 N–H and O–H groups in total. The Morgan fingerprint density at radius 2 is 2.50 bits per heavy atom. The van der Waals surface area contributed by atoms with Gasteiger partial charge < -0.3 is 9.47 Å². The van der Waals surface area contributed by atoms with E-state index >= 15 is 0 Å². The van der Waals surface area contributed by atoms with Crippen molar-refractivity contribution < 1.29 is 9.47 Å². The van der Waals surface area contributed by atoms with Crippen LogP contribution < -0.4 is 4.74 Å². The summed E-state index contributed by atoms with van der Waals surface area (Å²) in [6.45, 7) is 3.67. The van der Waals surface area contributed by atoms with Crippen LogP contribution in [0.1, 0.15) is 18.9 Å². The van der Waals surface area contributed by atoms with E-state index in [-0.39, 0.29) is 0 Å². The quantitative estimate of drug-likeness (QED) is 0.666. The number of benzene rings is 1. The summed E-state index contributed by atoms with van der Waals surface area (Å²) in [4.78, 5) is 0. The third-order valence-corrected chi connectivity index (χ3v) is 2.23. The normalized spacial score (nSPS) is 19.4. The van der Waals surface area contributed by atoms with E-state index in [9.17, 15) is 0 Å². The summed E-state index contributed by atoms with van der Waals surface area (Å²) in [6.07, 6.45) is 2.50. The number of rotatable bonds is 5. The molecule has 0 aliphatic carbocycles. The first-order valence-corrected chi connectivity index (χ1v) is 5.14. The van der Waals surface area contributed by atoms with Crippen molar-refractivity contribution in [2.45, 2.75) is 25.9 Å². The SMILES string of the molecule is CCCc1ccc[c]c1OCC1CO1. The molecule has 1 atom stereocenters. The van der Waals surface area contributed by atoms with Crippen LogP contribution in [0.15, 0.2) is 18.2 Å². The van der Waals surface area contributed by atoms with Gasteiger partial charge in [0.05, 0.1) is 6.61 Å². The van der Waals surface area contributed by atoms with E-state index in [2.05, 4.69) is 19.1 Å².